The van der Waals surface area contributed by atoms with Gasteiger partial charge in [-0.05, 0) is 55.9 Å². The van der Waals surface area contributed by atoms with Crippen molar-refractivity contribution in [2.24, 2.45) is 0 Å². The molecule has 0 amide bonds. The molecule has 1 aromatic rings. The number of rotatable bonds is 9. The van der Waals surface area contributed by atoms with E-state index in [0.717, 1.165) is 44.5 Å². The van der Waals surface area contributed by atoms with Crippen LogP contribution >= 0.6 is 0 Å². The molecule has 21 heavy (non-hydrogen) atoms. The first kappa shape index (κ1) is 19.7. The van der Waals surface area contributed by atoms with Gasteiger partial charge in [0.1, 0.15) is 11.5 Å². The molecule has 0 saturated carbocycles. The number of ketones is 1. The molecular weight excluding hydrogens is 260 g/mol. The van der Waals surface area contributed by atoms with Crippen LogP contribution in [0.5, 0.6) is 5.75 Å². The van der Waals surface area contributed by atoms with E-state index >= 15 is 0 Å². The lowest BCUT2D eigenvalue weighted by atomic mass is 10.0. The van der Waals surface area contributed by atoms with Gasteiger partial charge in [-0.3, -0.25) is 4.79 Å². The topological polar surface area (TPSA) is 26.3 Å². The van der Waals surface area contributed by atoms with Crippen LogP contribution in [0.25, 0.3) is 0 Å². The first-order valence-electron chi connectivity index (χ1n) is 8.41. The Kier molecular flexibility index (Phi) is 11.7. The largest absolute Gasteiger partial charge is 0.494 e. The maximum Gasteiger partial charge on any atom is 0.132 e. The molecule has 0 saturated heterocycles. The van der Waals surface area contributed by atoms with Crippen LogP contribution in [-0.2, 0) is 11.2 Å². The molecule has 1 aromatic carbocycles. The molecule has 0 radical (unpaired) electrons. The van der Waals surface area contributed by atoms with Gasteiger partial charge in [0.15, 0.2) is 0 Å². The van der Waals surface area contributed by atoms with Crippen LogP contribution in [0.2, 0.25) is 0 Å². The van der Waals surface area contributed by atoms with Crippen molar-refractivity contribution in [3.63, 3.8) is 0 Å². The summed E-state index contributed by atoms with van der Waals surface area (Å²) in [6, 6.07) is 6.30. The van der Waals surface area contributed by atoms with Crippen molar-refractivity contribution < 1.29 is 9.53 Å². The number of Topliss-reactive ketones (excluding diaryl/α,β-unsaturated/α-hetero) is 1. The Morgan fingerprint density at radius 1 is 1.14 bits per heavy atom. The van der Waals surface area contributed by atoms with Gasteiger partial charge in [-0.2, -0.15) is 0 Å². The Labute approximate surface area is 130 Å². The van der Waals surface area contributed by atoms with Crippen LogP contribution < -0.4 is 4.74 Å². The van der Waals surface area contributed by atoms with Crippen LogP contribution in [0, 0.1) is 6.92 Å². The predicted octanol–water partition coefficient (Wildman–Crippen LogP) is 5.50. The summed E-state index contributed by atoms with van der Waals surface area (Å²) in [6.07, 6.45) is 5.52. The third kappa shape index (κ3) is 8.54. The molecule has 1 rings (SSSR count). The molecule has 0 heterocycles. The number of ether oxygens (including phenoxy) is 1. The van der Waals surface area contributed by atoms with E-state index in [1.165, 1.54) is 11.1 Å². The van der Waals surface area contributed by atoms with E-state index in [-0.39, 0.29) is 0 Å². The van der Waals surface area contributed by atoms with Crippen LogP contribution in [0.1, 0.15) is 70.9 Å². The third-order valence-corrected chi connectivity index (χ3v) is 3.34. The van der Waals surface area contributed by atoms with Crippen LogP contribution in [0.15, 0.2) is 18.2 Å². The lowest BCUT2D eigenvalue weighted by molar-refractivity contribution is -0.118. The first-order valence-corrected chi connectivity index (χ1v) is 8.41. The normalized spacial score (nSPS) is 9.76. The van der Waals surface area contributed by atoms with E-state index < -0.39 is 0 Å². The molecule has 0 bridgehead atoms. The molecule has 0 aromatic heterocycles. The van der Waals surface area contributed by atoms with Gasteiger partial charge >= 0.3 is 0 Å². The summed E-state index contributed by atoms with van der Waals surface area (Å²) in [5, 5.41) is 0. The van der Waals surface area contributed by atoms with Crippen LogP contribution in [0.3, 0.4) is 0 Å². The van der Waals surface area contributed by atoms with E-state index in [9.17, 15) is 4.79 Å². The van der Waals surface area contributed by atoms with Crippen molar-refractivity contribution in [2.75, 3.05) is 6.61 Å². The second-order valence-corrected chi connectivity index (χ2v) is 5.04. The van der Waals surface area contributed by atoms with Crippen LogP contribution in [-0.4, -0.2) is 12.4 Å². The molecule has 0 unspecified atom stereocenters. The van der Waals surface area contributed by atoms with Crippen molar-refractivity contribution in [3.05, 3.63) is 29.3 Å². The highest BCUT2D eigenvalue weighted by Gasteiger charge is 2.03. The number of carbonyl (C=O) groups excluding carboxylic acids is 1. The van der Waals surface area contributed by atoms with Crippen molar-refractivity contribution in [2.45, 2.75) is 73.1 Å². The molecule has 0 aliphatic rings. The Morgan fingerprint density at radius 2 is 1.86 bits per heavy atom. The van der Waals surface area contributed by atoms with Gasteiger partial charge in [0.05, 0.1) is 6.61 Å². The van der Waals surface area contributed by atoms with Gasteiger partial charge < -0.3 is 4.74 Å². The molecule has 0 fully saturated rings. The number of aryl methyl sites for hydroxylation is 2. The minimum absolute atomic E-state index is 0.372. The fourth-order valence-electron chi connectivity index (χ4n) is 2.04. The van der Waals surface area contributed by atoms with Crippen molar-refractivity contribution >= 4 is 5.78 Å². The number of hydrogen-bond acceptors (Lipinski definition) is 2. The SMILES string of the molecule is CC.CCCOc1ccc(C)c(CCCCC(=O)CC)c1. The van der Waals surface area contributed by atoms with E-state index in [1.54, 1.807) is 0 Å². The maximum atomic E-state index is 11.2. The minimum atomic E-state index is 0.372. The maximum absolute atomic E-state index is 11.2. The second-order valence-electron chi connectivity index (χ2n) is 5.04. The number of benzene rings is 1. The molecule has 0 aliphatic carbocycles. The molecule has 0 aliphatic heterocycles. The Balaban J connectivity index is 0.00000191. The molecule has 2 nitrogen and oxygen atoms in total. The number of hydrogen-bond donors (Lipinski definition) is 0. The van der Waals surface area contributed by atoms with Gasteiger partial charge in [-0.1, -0.05) is 33.8 Å². The van der Waals surface area contributed by atoms with Crippen molar-refractivity contribution in [1.82, 2.24) is 0 Å². The monoisotopic (exact) mass is 292 g/mol. The lowest BCUT2D eigenvalue weighted by Crippen LogP contribution is -1.98. The quantitative estimate of drug-likeness (QED) is 0.562. The zero-order valence-electron chi connectivity index (χ0n) is 14.5. The number of carbonyl (C=O) groups is 1. The smallest absolute Gasteiger partial charge is 0.132 e. The summed E-state index contributed by atoms with van der Waals surface area (Å²) in [5.74, 6) is 1.34. The lowest BCUT2D eigenvalue weighted by Gasteiger charge is -2.10. The first-order chi connectivity index (χ1) is 10.2. The third-order valence-electron chi connectivity index (χ3n) is 3.34. The summed E-state index contributed by atoms with van der Waals surface area (Å²) in [4.78, 5) is 11.2. The summed E-state index contributed by atoms with van der Waals surface area (Å²) in [7, 11) is 0. The number of unbranched alkanes of at least 4 members (excludes halogenated alkanes) is 1. The van der Waals surface area contributed by atoms with Gasteiger partial charge in [0.25, 0.3) is 0 Å². The predicted molar refractivity (Wildman–Crippen MR) is 91.2 cm³/mol. The molecular formula is C19H32O2. The Bertz CT molecular complexity index is 397. The highest BCUT2D eigenvalue weighted by Crippen LogP contribution is 2.20. The van der Waals surface area contributed by atoms with E-state index in [4.69, 9.17) is 4.74 Å². The fourth-order valence-corrected chi connectivity index (χ4v) is 2.04. The Morgan fingerprint density at radius 3 is 2.48 bits per heavy atom. The van der Waals surface area contributed by atoms with Crippen molar-refractivity contribution in [1.29, 1.82) is 0 Å². The zero-order chi connectivity index (χ0) is 16.1. The van der Waals surface area contributed by atoms with Crippen molar-refractivity contribution in [3.8, 4) is 5.75 Å². The van der Waals surface area contributed by atoms with Crippen LogP contribution in [0.4, 0.5) is 0 Å². The van der Waals surface area contributed by atoms with E-state index in [1.807, 2.05) is 26.8 Å². The van der Waals surface area contributed by atoms with Gasteiger partial charge in [-0.15, -0.1) is 0 Å². The molecule has 120 valence electrons. The van der Waals surface area contributed by atoms with Gasteiger partial charge in [-0.25, -0.2) is 0 Å². The standard InChI is InChI=1S/C17H26O2.C2H6/c1-4-12-19-17-11-10-14(3)15(13-17)8-6-7-9-16(18)5-2;1-2/h10-11,13H,4-9,12H2,1-3H3;1-2H3. The average Bonchev–Trinajstić information content (AvgIpc) is 2.53. The molecule has 2 heteroatoms. The summed E-state index contributed by atoms with van der Waals surface area (Å²) in [5.41, 5.74) is 2.66. The van der Waals surface area contributed by atoms with E-state index in [0.29, 0.717) is 12.2 Å². The zero-order valence-corrected chi connectivity index (χ0v) is 14.5. The molecule has 0 N–H and O–H groups in total. The minimum Gasteiger partial charge on any atom is -0.494 e. The highest BCUT2D eigenvalue weighted by atomic mass is 16.5. The van der Waals surface area contributed by atoms with E-state index in [2.05, 4.69) is 26.0 Å². The second kappa shape index (κ2) is 12.4. The Hall–Kier alpha value is -1.31. The fraction of sp³-hybridized carbons (Fsp3) is 0.632. The summed E-state index contributed by atoms with van der Waals surface area (Å²) < 4.78 is 5.66. The highest BCUT2D eigenvalue weighted by molar-refractivity contribution is 5.77. The molecule has 0 spiro atoms. The van der Waals surface area contributed by atoms with Gasteiger partial charge in [0, 0.05) is 12.8 Å². The molecule has 0 atom stereocenters. The average molecular weight is 292 g/mol. The summed E-state index contributed by atoms with van der Waals surface area (Å²) in [6.45, 7) is 10.9. The summed E-state index contributed by atoms with van der Waals surface area (Å²) >= 11 is 0. The van der Waals surface area contributed by atoms with Gasteiger partial charge in [0.2, 0.25) is 0 Å².